The van der Waals surface area contributed by atoms with E-state index in [-0.39, 0.29) is 12.5 Å². The zero-order chi connectivity index (χ0) is 21.3. The van der Waals surface area contributed by atoms with Gasteiger partial charge < -0.3 is 20.7 Å². The van der Waals surface area contributed by atoms with Crippen LogP contribution in [0.4, 0.5) is 17.2 Å². The van der Waals surface area contributed by atoms with Crippen LogP contribution >= 0.6 is 11.3 Å². The number of benzene rings is 1. The third-order valence-corrected chi connectivity index (χ3v) is 5.56. The van der Waals surface area contributed by atoms with Crippen molar-refractivity contribution in [2.45, 2.75) is 0 Å². The van der Waals surface area contributed by atoms with Crippen molar-refractivity contribution in [1.82, 2.24) is 20.2 Å². The van der Waals surface area contributed by atoms with Crippen molar-refractivity contribution in [2.24, 2.45) is 0 Å². The molecule has 0 aliphatic carbocycles. The molecular weight excluding hydrogens is 412 g/mol. The minimum atomic E-state index is -0.0703. The number of hydrogen-bond donors (Lipinski definition) is 3. The predicted molar refractivity (Wildman–Crippen MR) is 124 cm³/mol. The smallest absolute Gasteiger partial charge is 0.238 e. The molecule has 0 unspecified atom stereocenters. The molecular formula is C22H26N6O2S. The molecule has 0 atom stereocenters. The first-order valence-electron chi connectivity index (χ1n) is 10.3. The average Bonchev–Trinajstić information content (AvgIpc) is 3.33. The number of nitrogens with one attached hydrogen (secondary N) is 3. The molecule has 1 saturated heterocycles. The summed E-state index contributed by atoms with van der Waals surface area (Å²) in [6.07, 6.45) is 3.45. The normalized spacial score (nSPS) is 14.3. The first kappa shape index (κ1) is 21.4. The Bertz CT molecular complexity index is 958. The van der Waals surface area contributed by atoms with Crippen molar-refractivity contribution in [3.05, 3.63) is 53.5 Å². The van der Waals surface area contributed by atoms with Gasteiger partial charge in [0, 0.05) is 48.5 Å². The molecule has 31 heavy (non-hydrogen) atoms. The summed E-state index contributed by atoms with van der Waals surface area (Å²) in [6, 6.07) is 9.56. The van der Waals surface area contributed by atoms with Gasteiger partial charge in [-0.25, -0.2) is 4.98 Å². The fourth-order valence-corrected chi connectivity index (χ4v) is 3.89. The lowest BCUT2D eigenvalue weighted by atomic mass is 10.2. The van der Waals surface area contributed by atoms with Crippen LogP contribution < -0.4 is 16.0 Å². The van der Waals surface area contributed by atoms with Crippen LogP contribution in [0.2, 0.25) is 0 Å². The van der Waals surface area contributed by atoms with E-state index in [0.717, 1.165) is 62.0 Å². The van der Waals surface area contributed by atoms with Crippen LogP contribution in [0.3, 0.4) is 0 Å². The Morgan fingerprint density at radius 3 is 2.77 bits per heavy atom. The van der Waals surface area contributed by atoms with Crippen LogP contribution in [-0.2, 0) is 9.53 Å². The third kappa shape index (κ3) is 6.56. The summed E-state index contributed by atoms with van der Waals surface area (Å²) in [5.74, 6) is 0.575. The molecule has 1 fully saturated rings. The lowest BCUT2D eigenvalue weighted by Crippen LogP contribution is -2.41. The Morgan fingerprint density at radius 2 is 2.00 bits per heavy atom. The monoisotopic (exact) mass is 438 g/mol. The highest BCUT2D eigenvalue weighted by Crippen LogP contribution is 2.22. The molecule has 4 rings (SSSR count). The van der Waals surface area contributed by atoms with E-state index in [1.165, 1.54) is 0 Å². The molecule has 0 spiro atoms. The molecule has 1 aliphatic rings. The highest BCUT2D eigenvalue weighted by molar-refractivity contribution is 7.08. The number of anilines is 3. The van der Waals surface area contributed by atoms with E-state index < -0.39 is 0 Å². The zero-order valence-corrected chi connectivity index (χ0v) is 18.0. The molecule has 2 aromatic heterocycles. The minimum absolute atomic E-state index is 0.0703. The number of hydrogen-bond acceptors (Lipinski definition) is 8. The van der Waals surface area contributed by atoms with E-state index in [9.17, 15) is 4.79 Å². The highest BCUT2D eigenvalue weighted by Gasteiger charge is 2.10. The number of ether oxygens (including phenoxy) is 1. The number of nitrogens with zero attached hydrogens (tertiary/aromatic N) is 3. The highest BCUT2D eigenvalue weighted by atomic mass is 32.1. The van der Waals surface area contributed by atoms with E-state index >= 15 is 0 Å². The molecule has 3 heterocycles. The lowest BCUT2D eigenvalue weighted by molar-refractivity contribution is -0.115. The molecule has 1 aromatic carbocycles. The maximum absolute atomic E-state index is 12.2. The van der Waals surface area contributed by atoms with E-state index in [0.29, 0.717) is 5.82 Å². The van der Waals surface area contributed by atoms with E-state index in [2.05, 4.69) is 30.8 Å². The Hall–Kier alpha value is -2.85. The van der Waals surface area contributed by atoms with Crippen LogP contribution in [0.5, 0.6) is 0 Å². The van der Waals surface area contributed by atoms with Gasteiger partial charge in [-0.2, -0.15) is 11.3 Å². The summed E-state index contributed by atoms with van der Waals surface area (Å²) in [5.41, 5.74) is 3.46. The zero-order valence-electron chi connectivity index (χ0n) is 17.2. The Labute approximate surface area is 185 Å². The maximum Gasteiger partial charge on any atom is 0.238 e. The van der Waals surface area contributed by atoms with Crippen molar-refractivity contribution in [3.63, 3.8) is 0 Å². The van der Waals surface area contributed by atoms with Crippen LogP contribution in [0.1, 0.15) is 0 Å². The van der Waals surface area contributed by atoms with Crippen molar-refractivity contribution in [3.8, 4) is 11.3 Å². The van der Waals surface area contributed by atoms with Gasteiger partial charge in [0.25, 0.3) is 0 Å². The number of amides is 1. The molecule has 162 valence electrons. The van der Waals surface area contributed by atoms with Crippen molar-refractivity contribution in [2.75, 3.05) is 56.6 Å². The summed E-state index contributed by atoms with van der Waals surface area (Å²) < 4.78 is 5.34. The van der Waals surface area contributed by atoms with Gasteiger partial charge in [-0.05, 0) is 29.6 Å². The standard InChI is InChI=1S/C22H26N6O2S/c29-22(15-23-5-6-28-7-9-30-10-8-28)27-19-3-1-2-18(12-19)26-21-14-24-20(13-25-21)17-4-11-31-16-17/h1-4,11-14,16,23H,5-10,15H2,(H,25,26)(H,27,29). The molecule has 3 aromatic rings. The first-order valence-corrected chi connectivity index (χ1v) is 11.2. The van der Waals surface area contributed by atoms with Crippen molar-refractivity contribution in [1.29, 1.82) is 0 Å². The lowest BCUT2D eigenvalue weighted by Gasteiger charge is -2.26. The molecule has 0 saturated carbocycles. The van der Waals surface area contributed by atoms with Crippen LogP contribution in [0.15, 0.2) is 53.5 Å². The van der Waals surface area contributed by atoms with Crippen LogP contribution in [0.25, 0.3) is 11.3 Å². The van der Waals surface area contributed by atoms with Crippen molar-refractivity contribution < 1.29 is 9.53 Å². The SMILES string of the molecule is O=C(CNCCN1CCOCC1)Nc1cccc(Nc2cnc(-c3ccsc3)cn2)c1. The number of carbonyl (C=O) groups excluding carboxylic acids is 1. The van der Waals surface area contributed by atoms with E-state index in [4.69, 9.17) is 4.74 Å². The maximum atomic E-state index is 12.2. The Kier molecular flexibility index (Phi) is 7.56. The fourth-order valence-electron chi connectivity index (χ4n) is 3.24. The predicted octanol–water partition coefficient (Wildman–Crippen LogP) is 2.81. The van der Waals surface area contributed by atoms with Gasteiger partial charge in [0.2, 0.25) is 5.91 Å². The molecule has 1 aliphatic heterocycles. The summed E-state index contributed by atoms with van der Waals surface area (Å²) in [6.45, 7) is 5.45. The van der Waals surface area contributed by atoms with Crippen LogP contribution in [-0.4, -0.2) is 66.7 Å². The van der Waals surface area contributed by atoms with E-state index in [1.807, 2.05) is 41.1 Å². The summed E-state index contributed by atoms with van der Waals surface area (Å²) in [7, 11) is 0. The quantitative estimate of drug-likeness (QED) is 0.443. The topological polar surface area (TPSA) is 91.4 Å². The third-order valence-electron chi connectivity index (χ3n) is 4.88. The Balaban J connectivity index is 1.23. The van der Waals surface area contributed by atoms with Gasteiger partial charge in [-0.15, -0.1) is 0 Å². The second-order valence-corrected chi connectivity index (χ2v) is 7.96. The molecule has 9 heteroatoms. The number of rotatable bonds is 9. The minimum Gasteiger partial charge on any atom is -0.379 e. The van der Waals surface area contributed by atoms with Gasteiger partial charge in [0.05, 0.1) is 37.8 Å². The molecule has 3 N–H and O–H groups in total. The number of morpholine rings is 1. The summed E-state index contributed by atoms with van der Waals surface area (Å²) in [5, 5.41) is 13.4. The molecule has 8 nitrogen and oxygen atoms in total. The van der Waals surface area contributed by atoms with Gasteiger partial charge in [0.1, 0.15) is 5.82 Å². The van der Waals surface area contributed by atoms with Gasteiger partial charge in [0.15, 0.2) is 0 Å². The number of carbonyl (C=O) groups is 1. The van der Waals surface area contributed by atoms with E-state index in [1.54, 1.807) is 23.7 Å². The number of thiophene rings is 1. The van der Waals surface area contributed by atoms with Gasteiger partial charge >= 0.3 is 0 Å². The average molecular weight is 439 g/mol. The Morgan fingerprint density at radius 1 is 1.13 bits per heavy atom. The molecule has 1 amide bonds. The fraction of sp³-hybridized carbons (Fsp3) is 0.318. The van der Waals surface area contributed by atoms with Crippen LogP contribution in [0, 0.1) is 0 Å². The molecule has 0 bridgehead atoms. The summed E-state index contributed by atoms with van der Waals surface area (Å²) in [4.78, 5) is 23.5. The second kappa shape index (κ2) is 11.0. The largest absolute Gasteiger partial charge is 0.379 e. The molecule has 0 radical (unpaired) electrons. The number of aromatic nitrogens is 2. The van der Waals surface area contributed by atoms with Crippen molar-refractivity contribution >= 4 is 34.4 Å². The first-order chi connectivity index (χ1) is 15.3. The second-order valence-electron chi connectivity index (χ2n) is 7.18. The van der Waals surface area contributed by atoms with Gasteiger partial charge in [-0.1, -0.05) is 6.07 Å². The van der Waals surface area contributed by atoms with Gasteiger partial charge in [-0.3, -0.25) is 14.7 Å². The summed E-state index contributed by atoms with van der Waals surface area (Å²) >= 11 is 1.63.